The summed E-state index contributed by atoms with van der Waals surface area (Å²) in [6.45, 7) is 7.89. The summed E-state index contributed by atoms with van der Waals surface area (Å²) in [6, 6.07) is 7.65. The number of amides is 1. The molecule has 1 aliphatic heterocycles. The predicted molar refractivity (Wildman–Crippen MR) is 120 cm³/mol. The zero-order valence-electron chi connectivity index (χ0n) is 18.4. The molecule has 2 heterocycles. The molecule has 8 heteroatoms. The zero-order chi connectivity index (χ0) is 22.2. The van der Waals surface area contributed by atoms with E-state index in [4.69, 9.17) is 13.9 Å². The minimum atomic E-state index is -0.145. The molecule has 3 rings (SSSR count). The highest BCUT2D eigenvalue weighted by Gasteiger charge is 2.28. The number of benzene rings is 1. The first-order valence-corrected chi connectivity index (χ1v) is 11.9. The molecule has 0 atom stereocenters. The van der Waals surface area contributed by atoms with Crippen LogP contribution in [-0.2, 0) is 20.1 Å². The number of esters is 1. The fraction of sp³-hybridized carbons (Fsp3) is 0.522. The molecule has 1 aliphatic rings. The lowest BCUT2D eigenvalue weighted by molar-refractivity contribution is -0.151. The molecule has 1 aromatic heterocycles. The summed E-state index contributed by atoms with van der Waals surface area (Å²) in [7, 11) is 0. The van der Waals surface area contributed by atoms with Crippen LogP contribution >= 0.6 is 11.8 Å². The standard InChI is InChI=1S/C23H30N2O5S/c1-4-28-19-8-6-17(7-9-19)22-24-20(16(3)30-22)14-31-15-21(26)25-12-10-18(11-13-25)23(27)29-5-2/h6-9,18H,4-5,10-15H2,1-3H3. The van der Waals surface area contributed by atoms with Gasteiger partial charge in [-0.2, -0.15) is 0 Å². The minimum Gasteiger partial charge on any atom is -0.494 e. The van der Waals surface area contributed by atoms with E-state index < -0.39 is 0 Å². The summed E-state index contributed by atoms with van der Waals surface area (Å²) in [6.07, 6.45) is 1.34. The van der Waals surface area contributed by atoms with Crippen LogP contribution < -0.4 is 4.74 Å². The molecular weight excluding hydrogens is 416 g/mol. The minimum absolute atomic E-state index is 0.0875. The van der Waals surface area contributed by atoms with Crippen molar-refractivity contribution in [3.8, 4) is 17.2 Å². The molecule has 0 radical (unpaired) electrons. The lowest BCUT2D eigenvalue weighted by Crippen LogP contribution is -2.41. The number of carbonyl (C=O) groups is 2. The van der Waals surface area contributed by atoms with Crippen LogP contribution in [0.5, 0.6) is 5.75 Å². The van der Waals surface area contributed by atoms with Crippen molar-refractivity contribution >= 4 is 23.6 Å². The summed E-state index contributed by atoms with van der Waals surface area (Å²) < 4.78 is 16.4. The van der Waals surface area contributed by atoms with E-state index in [1.54, 1.807) is 0 Å². The zero-order valence-corrected chi connectivity index (χ0v) is 19.2. The molecule has 0 N–H and O–H groups in total. The van der Waals surface area contributed by atoms with Gasteiger partial charge in [0.15, 0.2) is 0 Å². The molecule has 1 aromatic carbocycles. The van der Waals surface area contributed by atoms with Gasteiger partial charge in [0.2, 0.25) is 11.8 Å². The molecular formula is C23H30N2O5S. The monoisotopic (exact) mass is 446 g/mol. The van der Waals surface area contributed by atoms with Gasteiger partial charge in [-0.1, -0.05) is 0 Å². The number of hydrogen-bond donors (Lipinski definition) is 0. The first kappa shape index (κ1) is 23.2. The van der Waals surface area contributed by atoms with Crippen LogP contribution in [0.3, 0.4) is 0 Å². The third-order valence-corrected chi connectivity index (χ3v) is 6.17. The third-order valence-electron chi connectivity index (χ3n) is 5.24. The number of oxazole rings is 1. The Balaban J connectivity index is 1.46. The molecule has 0 unspecified atom stereocenters. The molecule has 168 valence electrons. The SMILES string of the molecule is CCOC(=O)C1CCN(C(=O)CSCc2nc(-c3ccc(OCC)cc3)oc2C)CC1. The number of likely N-dealkylation sites (tertiary alicyclic amines) is 1. The molecule has 2 aromatic rings. The van der Waals surface area contributed by atoms with Crippen LogP contribution in [0.4, 0.5) is 0 Å². The van der Waals surface area contributed by atoms with E-state index >= 15 is 0 Å². The molecule has 7 nitrogen and oxygen atoms in total. The first-order chi connectivity index (χ1) is 15.0. The summed E-state index contributed by atoms with van der Waals surface area (Å²) in [5, 5.41) is 0. The average molecular weight is 447 g/mol. The van der Waals surface area contributed by atoms with Crippen molar-refractivity contribution in [2.24, 2.45) is 5.92 Å². The van der Waals surface area contributed by atoms with Gasteiger partial charge in [-0.25, -0.2) is 4.98 Å². The van der Waals surface area contributed by atoms with Crippen LogP contribution in [0.2, 0.25) is 0 Å². The van der Waals surface area contributed by atoms with Gasteiger partial charge in [0, 0.05) is 24.4 Å². The summed E-state index contributed by atoms with van der Waals surface area (Å²) in [4.78, 5) is 30.8. The molecule has 1 amide bonds. The largest absolute Gasteiger partial charge is 0.494 e. The Hall–Kier alpha value is -2.48. The number of thioether (sulfide) groups is 1. The van der Waals surface area contributed by atoms with Gasteiger partial charge in [-0.15, -0.1) is 11.8 Å². The van der Waals surface area contributed by atoms with Crippen LogP contribution in [-0.4, -0.2) is 53.8 Å². The summed E-state index contributed by atoms with van der Waals surface area (Å²) in [5.74, 6) is 3.01. The number of carbonyl (C=O) groups excluding carboxylic acids is 2. The molecule has 0 bridgehead atoms. The number of piperidine rings is 1. The van der Waals surface area contributed by atoms with Gasteiger partial charge in [0.25, 0.3) is 0 Å². The predicted octanol–water partition coefficient (Wildman–Crippen LogP) is 4.08. The fourth-order valence-corrected chi connectivity index (χ4v) is 4.42. The molecule has 0 saturated carbocycles. The number of aromatic nitrogens is 1. The van der Waals surface area contributed by atoms with Crippen LogP contribution in [0.25, 0.3) is 11.5 Å². The first-order valence-electron chi connectivity index (χ1n) is 10.7. The Morgan fingerprint density at radius 2 is 1.87 bits per heavy atom. The Morgan fingerprint density at radius 3 is 2.52 bits per heavy atom. The van der Waals surface area contributed by atoms with Gasteiger partial charge in [0.1, 0.15) is 11.5 Å². The van der Waals surface area contributed by atoms with Crippen molar-refractivity contribution in [2.75, 3.05) is 32.1 Å². The van der Waals surface area contributed by atoms with Gasteiger partial charge in [0.05, 0.1) is 30.6 Å². The fourth-order valence-electron chi connectivity index (χ4n) is 3.50. The van der Waals surface area contributed by atoms with Crippen molar-refractivity contribution < 1.29 is 23.5 Å². The summed E-state index contributed by atoms with van der Waals surface area (Å²) in [5.41, 5.74) is 1.74. The quantitative estimate of drug-likeness (QED) is 0.537. The highest BCUT2D eigenvalue weighted by molar-refractivity contribution is 7.99. The lowest BCUT2D eigenvalue weighted by atomic mass is 9.97. The van der Waals surface area contributed by atoms with Gasteiger partial charge in [-0.05, 0) is 57.9 Å². The van der Waals surface area contributed by atoms with Crippen molar-refractivity contribution in [3.05, 3.63) is 35.7 Å². The molecule has 1 fully saturated rings. The van der Waals surface area contributed by atoms with E-state index in [1.807, 2.05) is 49.9 Å². The topological polar surface area (TPSA) is 81.9 Å². The van der Waals surface area contributed by atoms with Crippen LogP contribution in [0.1, 0.15) is 38.1 Å². The maximum Gasteiger partial charge on any atom is 0.309 e. The number of nitrogens with zero attached hydrogens (tertiary/aromatic N) is 2. The van der Waals surface area contributed by atoms with Crippen molar-refractivity contribution in [1.29, 1.82) is 0 Å². The van der Waals surface area contributed by atoms with Crippen molar-refractivity contribution in [2.45, 2.75) is 39.4 Å². The summed E-state index contributed by atoms with van der Waals surface area (Å²) >= 11 is 1.53. The van der Waals surface area contributed by atoms with Crippen molar-refractivity contribution in [3.63, 3.8) is 0 Å². The second-order valence-electron chi connectivity index (χ2n) is 7.38. The number of ether oxygens (including phenoxy) is 2. The Labute approximate surface area is 187 Å². The molecule has 0 aliphatic carbocycles. The van der Waals surface area contributed by atoms with Gasteiger partial charge in [-0.3, -0.25) is 9.59 Å². The number of rotatable bonds is 9. The maximum atomic E-state index is 12.5. The Morgan fingerprint density at radius 1 is 1.16 bits per heavy atom. The van der Waals surface area contributed by atoms with E-state index in [0.717, 1.165) is 22.8 Å². The normalized spacial score (nSPS) is 14.5. The average Bonchev–Trinajstić information content (AvgIpc) is 3.15. The maximum absolute atomic E-state index is 12.5. The van der Waals surface area contributed by atoms with Crippen molar-refractivity contribution in [1.82, 2.24) is 9.88 Å². The highest BCUT2D eigenvalue weighted by Crippen LogP contribution is 2.26. The van der Waals surface area contributed by atoms with E-state index in [0.29, 0.717) is 56.5 Å². The lowest BCUT2D eigenvalue weighted by Gasteiger charge is -2.30. The van der Waals surface area contributed by atoms with E-state index in [9.17, 15) is 9.59 Å². The smallest absolute Gasteiger partial charge is 0.309 e. The Kier molecular flexibility index (Phi) is 8.40. The van der Waals surface area contributed by atoms with Gasteiger partial charge < -0.3 is 18.8 Å². The molecule has 1 saturated heterocycles. The molecule has 0 spiro atoms. The van der Waals surface area contributed by atoms with Gasteiger partial charge >= 0.3 is 5.97 Å². The van der Waals surface area contributed by atoms with E-state index in [2.05, 4.69) is 4.98 Å². The number of hydrogen-bond acceptors (Lipinski definition) is 7. The van der Waals surface area contributed by atoms with E-state index in [-0.39, 0.29) is 17.8 Å². The van der Waals surface area contributed by atoms with E-state index in [1.165, 1.54) is 11.8 Å². The second-order valence-corrected chi connectivity index (χ2v) is 8.36. The molecule has 31 heavy (non-hydrogen) atoms. The van der Waals surface area contributed by atoms with Crippen LogP contribution in [0.15, 0.2) is 28.7 Å². The highest BCUT2D eigenvalue weighted by atomic mass is 32.2. The van der Waals surface area contributed by atoms with Crippen LogP contribution in [0, 0.1) is 12.8 Å². The second kappa shape index (κ2) is 11.2. The third kappa shape index (κ3) is 6.26. The number of aryl methyl sites for hydroxylation is 1. The Bertz CT molecular complexity index is 873.